The summed E-state index contributed by atoms with van der Waals surface area (Å²) in [6.45, 7) is 1.03. The molecule has 1 saturated heterocycles. The van der Waals surface area contributed by atoms with Crippen LogP contribution in [-0.2, 0) is 9.59 Å². The first-order valence-electron chi connectivity index (χ1n) is 6.56. The van der Waals surface area contributed by atoms with Gasteiger partial charge in [-0.3, -0.25) is 9.59 Å². The first kappa shape index (κ1) is 16.1. The minimum absolute atomic E-state index is 0.0798. The average Bonchev–Trinajstić information content (AvgIpc) is 2.91. The number of halogens is 2. The summed E-state index contributed by atoms with van der Waals surface area (Å²) in [6, 6.07) is 5.16. The van der Waals surface area contributed by atoms with Crippen LogP contribution >= 0.6 is 27.5 Å². The van der Waals surface area contributed by atoms with E-state index in [4.69, 9.17) is 21.4 Å². The van der Waals surface area contributed by atoms with E-state index < -0.39 is 11.9 Å². The molecule has 0 aliphatic carbocycles. The highest BCUT2D eigenvalue weighted by atomic mass is 79.9. The van der Waals surface area contributed by atoms with Gasteiger partial charge in [-0.05, 0) is 40.5 Å². The fourth-order valence-electron chi connectivity index (χ4n) is 2.19. The van der Waals surface area contributed by atoms with Crippen molar-refractivity contribution in [3.63, 3.8) is 0 Å². The summed E-state index contributed by atoms with van der Waals surface area (Å²) >= 11 is 9.17. The highest BCUT2D eigenvalue weighted by Crippen LogP contribution is 2.28. The maximum absolute atomic E-state index is 12.0. The van der Waals surface area contributed by atoms with Crippen LogP contribution in [0.3, 0.4) is 0 Å². The van der Waals surface area contributed by atoms with Crippen molar-refractivity contribution in [2.75, 3.05) is 19.7 Å². The third-order valence-corrected chi connectivity index (χ3v) is 4.21. The van der Waals surface area contributed by atoms with Crippen LogP contribution in [0.4, 0.5) is 0 Å². The number of likely N-dealkylation sites (tertiary alicyclic amines) is 1. The van der Waals surface area contributed by atoms with E-state index in [0.717, 1.165) is 4.47 Å². The summed E-state index contributed by atoms with van der Waals surface area (Å²) in [4.78, 5) is 24.4. The predicted molar refractivity (Wildman–Crippen MR) is 81.6 cm³/mol. The number of carbonyl (C=O) groups excluding carboxylic acids is 1. The van der Waals surface area contributed by atoms with E-state index in [1.54, 1.807) is 23.1 Å². The maximum Gasteiger partial charge on any atom is 0.308 e. The van der Waals surface area contributed by atoms with Crippen molar-refractivity contribution in [2.45, 2.75) is 12.8 Å². The molecule has 1 aromatic rings. The van der Waals surface area contributed by atoms with Crippen molar-refractivity contribution in [2.24, 2.45) is 5.92 Å². The molecule has 5 nitrogen and oxygen atoms in total. The van der Waals surface area contributed by atoms with Gasteiger partial charge < -0.3 is 14.7 Å². The number of hydrogen-bond donors (Lipinski definition) is 1. The summed E-state index contributed by atoms with van der Waals surface area (Å²) in [5.41, 5.74) is 0. The molecule has 1 aromatic carbocycles. The van der Waals surface area contributed by atoms with Crippen LogP contribution < -0.4 is 4.74 Å². The molecule has 1 aliphatic rings. The standard InChI is InChI=1S/C14H15BrClNO4/c15-11-7-10(16)1-2-12(11)21-6-4-13(18)17-5-3-9(8-17)14(19)20/h1-2,7,9H,3-6,8H2,(H,19,20). The van der Waals surface area contributed by atoms with E-state index in [1.165, 1.54) is 0 Å². The van der Waals surface area contributed by atoms with Gasteiger partial charge in [0.1, 0.15) is 5.75 Å². The van der Waals surface area contributed by atoms with E-state index >= 15 is 0 Å². The molecule has 7 heteroatoms. The number of amides is 1. The van der Waals surface area contributed by atoms with Gasteiger partial charge in [0, 0.05) is 18.1 Å². The monoisotopic (exact) mass is 375 g/mol. The molecule has 1 fully saturated rings. The lowest BCUT2D eigenvalue weighted by molar-refractivity contribution is -0.141. The summed E-state index contributed by atoms with van der Waals surface area (Å²) in [6.07, 6.45) is 0.742. The highest BCUT2D eigenvalue weighted by molar-refractivity contribution is 9.10. The Morgan fingerprint density at radius 1 is 1.48 bits per heavy atom. The van der Waals surface area contributed by atoms with E-state index in [0.29, 0.717) is 30.3 Å². The van der Waals surface area contributed by atoms with Crippen molar-refractivity contribution in [1.82, 2.24) is 4.90 Å². The van der Waals surface area contributed by atoms with Crippen LogP contribution in [0.1, 0.15) is 12.8 Å². The molecule has 1 N–H and O–H groups in total. The van der Waals surface area contributed by atoms with Crippen LogP contribution in [0.15, 0.2) is 22.7 Å². The fourth-order valence-corrected chi connectivity index (χ4v) is 2.98. The molecule has 114 valence electrons. The Morgan fingerprint density at radius 2 is 2.24 bits per heavy atom. The molecule has 1 unspecified atom stereocenters. The lowest BCUT2D eigenvalue weighted by atomic mass is 10.1. The van der Waals surface area contributed by atoms with E-state index in [-0.39, 0.29) is 18.9 Å². The number of benzene rings is 1. The topological polar surface area (TPSA) is 66.8 Å². The second-order valence-corrected chi connectivity index (χ2v) is 6.13. The van der Waals surface area contributed by atoms with E-state index in [2.05, 4.69) is 15.9 Å². The quantitative estimate of drug-likeness (QED) is 0.858. The third kappa shape index (κ3) is 4.35. The Balaban J connectivity index is 1.78. The molecule has 21 heavy (non-hydrogen) atoms. The first-order chi connectivity index (χ1) is 9.97. The number of ether oxygens (including phenoxy) is 1. The minimum Gasteiger partial charge on any atom is -0.492 e. The van der Waals surface area contributed by atoms with Gasteiger partial charge in [-0.15, -0.1) is 0 Å². The Hall–Kier alpha value is -1.27. The van der Waals surface area contributed by atoms with Gasteiger partial charge in [-0.1, -0.05) is 11.6 Å². The summed E-state index contributed by atoms with van der Waals surface area (Å²) in [5.74, 6) is -0.743. The van der Waals surface area contributed by atoms with Crippen LogP contribution in [0.5, 0.6) is 5.75 Å². The summed E-state index contributed by atoms with van der Waals surface area (Å²) in [7, 11) is 0. The van der Waals surface area contributed by atoms with Gasteiger partial charge in [0.2, 0.25) is 5.91 Å². The molecule has 1 aliphatic heterocycles. The number of carboxylic acid groups (broad SMARTS) is 1. The smallest absolute Gasteiger partial charge is 0.308 e. The molecule has 0 spiro atoms. The number of rotatable bonds is 5. The van der Waals surface area contributed by atoms with Crippen molar-refractivity contribution >= 4 is 39.4 Å². The Morgan fingerprint density at radius 3 is 2.86 bits per heavy atom. The summed E-state index contributed by atoms with van der Waals surface area (Å²) < 4.78 is 6.26. The molecule has 0 radical (unpaired) electrons. The number of hydrogen-bond acceptors (Lipinski definition) is 3. The molecule has 1 atom stereocenters. The molecular weight excluding hydrogens is 362 g/mol. The zero-order valence-electron chi connectivity index (χ0n) is 11.2. The van der Waals surface area contributed by atoms with Gasteiger partial charge in [0.25, 0.3) is 0 Å². The van der Waals surface area contributed by atoms with Crippen molar-refractivity contribution in [3.05, 3.63) is 27.7 Å². The molecular formula is C14H15BrClNO4. The number of nitrogens with zero attached hydrogens (tertiary/aromatic N) is 1. The Kier molecular flexibility index (Phi) is 5.47. The molecule has 1 heterocycles. The third-order valence-electron chi connectivity index (χ3n) is 3.36. The van der Waals surface area contributed by atoms with Crippen LogP contribution in [0, 0.1) is 5.92 Å². The Labute approximate surface area is 136 Å². The molecule has 2 rings (SSSR count). The highest BCUT2D eigenvalue weighted by Gasteiger charge is 2.30. The summed E-state index contributed by atoms with van der Waals surface area (Å²) in [5, 5.41) is 9.51. The number of aliphatic carboxylic acids is 1. The zero-order chi connectivity index (χ0) is 15.4. The van der Waals surface area contributed by atoms with E-state index in [1.807, 2.05) is 0 Å². The largest absolute Gasteiger partial charge is 0.492 e. The normalized spacial score (nSPS) is 17.8. The van der Waals surface area contributed by atoms with E-state index in [9.17, 15) is 9.59 Å². The lowest BCUT2D eigenvalue weighted by Crippen LogP contribution is -2.30. The minimum atomic E-state index is -0.841. The van der Waals surface area contributed by atoms with Crippen molar-refractivity contribution in [3.8, 4) is 5.75 Å². The SMILES string of the molecule is O=C(O)C1CCN(C(=O)CCOc2ccc(Cl)cc2Br)C1. The van der Waals surface area contributed by atoms with Gasteiger partial charge in [-0.25, -0.2) is 0 Å². The second kappa shape index (κ2) is 7.13. The maximum atomic E-state index is 12.0. The predicted octanol–water partition coefficient (Wildman–Crippen LogP) is 2.80. The molecule has 0 saturated carbocycles. The second-order valence-electron chi connectivity index (χ2n) is 4.84. The molecule has 1 amide bonds. The van der Waals surface area contributed by atoms with Gasteiger partial charge >= 0.3 is 5.97 Å². The molecule has 0 aromatic heterocycles. The van der Waals surface area contributed by atoms with Gasteiger partial charge in [0.15, 0.2) is 0 Å². The zero-order valence-corrected chi connectivity index (χ0v) is 13.6. The lowest BCUT2D eigenvalue weighted by Gasteiger charge is -2.16. The van der Waals surface area contributed by atoms with Crippen molar-refractivity contribution in [1.29, 1.82) is 0 Å². The number of carbonyl (C=O) groups is 2. The Bertz CT molecular complexity index is 552. The van der Waals surface area contributed by atoms with Crippen LogP contribution in [-0.4, -0.2) is 41.6 Å². The first-order valence-corrected chi connectivity index (χ1v) is 7.73. The van der Waals surface area contributed by atoms with Crippen LogP contribution in [0.2, 0.25) is 5.02 Å². The molecule has 0 bridgehead atoms. The van der Waals surface area contributed by atoms with Gasteiger partial charge in [-0.2, -0.15) is 0 Å². The van der Waals surface area contributed by atoms with Crippen LogP contribution in [0.25, 0.3) is 0 Å². The fraction of sp³-hybridized carbons (Fsp3) is 0.429. The van der Waals surface area contributed by atoms with Crippen molar-refractivity contribution < 1.29 is 19.4 Å². The average molecular weight is 377 g/mol. The number of carboxylic acids is 1. The van der Waals surface area contributed by atoms with Gasteiger partial charge in [0.05, 0.1) is 23.4 Å².